The summed E-state index contributed by atoms with van der Waals surface area (Å²) in [6, 6.07) is 14.8. The minimum Gasteiger partial charge on any atom is -0.492 e. The zero-order valence-corrected chi connectivity index (χ0v) is 12.7. The predicted molar refractivity (Wildman–Crippen MR) is 85.1 cm³/mol. The van der Waals surface area contributed by atoms with Crippen molar-refractivity contribution in [1.29, 1.82) is 0 Å². The van der Waals surface area contributed by atoms with Crippen molar-refractivity contribution in [3.63, 3.8) is 0 Å². The van der Waals surface area contributed by atoms with Crippen LogP contribution in [0.2, 0.25) is 5.02 Å². The Labute approximate surface area is 129 Å². The number of carbonyl (C=O) groups excluding carboxylic acids is 1. The van der Waals surface area contributed by atoms with Gasteiger partial charge in [0.2, 0.25) is 0 Å². The summed E-state index contributed by atoms with van der Waals surface area (Å²) in [4.78, 5) is 11.9. The lowest BCUT2D eigenvalue weighted by molar-refractivity contribution is 0.0947. The van der Waals surface area contributed by atoms with Gasteiger partial charge in [0.05, 0.1) is 6.54 Å². The number of ether oxygens (including phenoxy) is 1. The first kappa shape index (κ1) is 15.4. The third-order valence-corrected chi connectivity index (χ3v) is 3.31. The van der Waals surface area contributed by atoms with Gasteiger partial charge in [-0.3, -0.25) is 4.79 Å². The molecule has 110 valence electrons. The fourth-order valence-corrected chi connectivity index (χ4v) is 2.08. The normalized spacial score (nSPS) is 10.2. The van der Waals surface area contributed by atoms with Gasteiger partial charge >= 0.3 is 0 Å². The lowest BCUT2D eigenvalue weighted by Gasteiger charge is -2.08. The van der Waals surface area contributed by atoms with Crippen LogP contribution in [-0.2, 0) is 6.42 Å². The van der Waals surface area contributed by atoms with Crippen LogP contribution in [0, 0.1) is 0 Å². The van der Waals surface area contributed by atoms with Crippen LogP contribution in [-0.4, -0.2) is 19.1 Å². The lowest BCUT2D eigenvalue weighted by Crippen LogP contribution is -2.28. The van der Waals surface area contributed by atoms with Gasteiger partial charge in [-0.2, -0.15) is 0 Å². The van der Waals surface area contributed by atoms with Gasteiger partial charge in [0.15, 0.2) is 0 Å². The lowest BCUT2D eigenvalue weighted by atomic mass is 10.2. The maximum Gasteiger partial charge on any atom is 0.251 e. The molecule has 0 atom stereocenters. The maximum atomic E-state index is 11.9. The summed E-state index contributed by atoms with van der Waals surface area (Å²) in [5.41, 5.74) is 1.83. The highest BCUT2D eigenvalue weighted by Gasteiger charge is 2.04. The first-order chi connectivity index (χ1) is 10.2. The van der Waals surface area contributed by atoms with E-state index in [9.17, 15) is 4.79 Å². The van der Waals surface area contributed by atoms with Crippen LogP contribution in [0.3, 0.4) is 0 Å². The summed E-state index contributed by atoms with van der Waals surface area (Å²) in [6.07, 6.45) is 1.01. The molecule has 2 aromatic carbocycles. The van der Waals surface area contributed by atoms with Crippen molar-refractivity contribution in [2.24, 2.45) is 0 Å². The third-order valence-electron chi connectivity index (χ3n) is 3.07. The Bertz CT molecular complexity index is 596. The zero-order valence-electron chi connectivity index (χ0n) is 11.9. The Kier molecular flexibility index (Phi) is 5.64. The van der Waals surface area contributed by atoms with Crippen LogP contribution in [0.4, 0.5) is 0 Å². The van der Waals surface area contributed by atoms with E-state index in [0.29, 0.717) is 23.7 Å². The van der Waals surface area contributed by atoms with Crippen molar-refractivity contribution in [3.05, 3.63) is 64.7 Å². The smallest absolute Gasteiger partial charge is 0.251 e. The molecule has 1 amide bonds. The second-order valence-electron chi connectivity index (χ2n) is 4.61. The second kappa shape index (κ2) is 7.70. The maximum absolute atomic E-state index is 11.9. The summed E-state index contributed by atoms with van der Waals surface area (Å²) < 4.78 is 5.57. The van der Waals surface area contributed by atoms with E-state index in [-0.39, 0.29) is 5.91 Å². The summed E-state index contributed by atoms with van der Waals surface area (Å²) in [5, 5.41) is 3.35. The second-order valence-corrected chi connectivity index (χ2v) is 5.05. The molecule has 0 saturated heterocycles. The molecule has 0 radical (unpaired) electrons. The van der Waals surface area contributed by atoms with Crippen LogP contribution in [0.15, 0.2) is 48.5 Å². The van der Waals surface area contributed by atoms with Crippen LogP contribution < -0.4 is 10.1 Å². The molecule has 0 bridgehead atoms. The van der Waals surface area contributed by atoms with Crippen molar-refractivity contribution < 1.29 is 9.53 Å². The van der Waals surface area contributed by atoms with Crippen LogP contribution in [0.5, 0.6) is 5.75 Å². The summed E-state index contributed by atoms with van der Waals surface area (Å²) >= 11 is 5.85. The molecule has 1 N–H and O–H groups in total. The number of hydrogen-bond acceptors (Lipinski definition) is 2. The molecule has 0 aliphatic heterocycles. The Morgan fingerprint density at radius 2 is 1.95 bits per heavy atom. The number of halogens is 1. The average Bonchev–Trinajstić information content (AvgIpc) is 2.52. The van der Waals surface area contributed by atoms with E-state index in [1.807, 2.05) is 24.3 Å². The topological polar surface area (TPSA) is 38.3 Å². The average molecular weight is 304 g/mol. The van der Waals surface area contributed by atoms with Gasteiger partial charge in [-0.25, -0.2) is 0 Å². The highest BCUT2D eigenvalue weighted by Crippen LogP contribution is 2.12. The fourth-order valence-electron chi connectivity index (χ4n) is 1.89. The van der Waals surface area contributed by atoms with Gasteiger partial charge in [0.1, 0.15) is 12.4 Å². The quantitative estimate of drug-likeness (QED) is 0.826. The molecule has 0 aliphatic rings. The van der Waals surface area contributed by atoms with E-state index in [1.165, 1.54) is 5.56 Å². The first-order valence-corrected chi connectivity index (χ1v) is 7.32. The van der Waals surface area contributed by atoms with E-state index in [1.54, 1.807) is 24.3 Å². The van der Waals surface area contributed by atoms with Crippen LogP contribution >= 0.6 is 11.6 Å². The number of rotatable bonds is 6. The van der Waals surface area contributed by atoms with E-state index in [4.69, 9.17) is 16.3 Å². The van der Waals surface area contributed by atoms with Gasteiger partial charge in [0.25, 0.3) is 5.91 Å². The fraction of sp³-hybridized carbons (Fsp3) is 0.235. The Balaban J connectivity index is 1.75. The number of carbonyl (C=O) groups is 1. The molecule has 2 aromatic rings. The molecule has 21 heavy (non-hydrogen) atoms. The predicted octanol–water partition coefficient (Wildman–Crippen LogP) is 3.71. The van der Waals surface area contributed by atoms with Gasteiger partial charge in [-0.1, -0.05) is 36.7 Å². The van der Waals surface area contributed by atoms with Gasteiger partial charge in [-0.15, -0.1) is 0 Å². The number of hydrogen-bond donors (Lipinski definition) is 1. The third kappa shape index (κ3) is 4.80. The molecule has 3 nitrogen and oxygen atoms in total. The number of nitrogens with one attached hydrogen (secondary N) is 1. The van der Waals surface area contributed by atoms with Crippen molar-refractivity contribution >= 4 is 17.5 Å². The molecule has 2 rings (SSSR count). The molecule has 0 heterocycles. The van der Waals surface area contributed by atoms with E-state index in [0.717, 1.165) is 12.2 Å². The molecule has 0 aliphatic carbocycles. The molecule has 0 unspecified atom stereocenters. The van der Waals surface area contributed by atoms with Crippen molar-refractivity contribution in [2.75, 3.05) is 13.2 Å². The Morgan fingerprint density at radius 1 is 1.19 bits per heavy atom. The van der Waals surface area contributed by atoms with Crippen molar-refractivity contribution in [2.45, 2.75) is 13.3 Å². The monoisotopic (exact) mass is 303 g/mol. The highest BCUT2D eigenvalue weighted by molar-refractivity contribution is 6.30. The molecule has 4 heteroatoms. The number of amides is 1. The molecular formula is C17H18ClNO2. The van der Waals surface area contributed by atoms with E-state index in [2.05, 4.69) is 12.2 Å². The van der Waals surface area contributed by atoms with Crippen molar-refractivity contribution in [1.82, 2.24) is 5.32 Å². The SMILES string of the molecule is CCc1ccc(OCCNC(=O)c2cccc(Cl)c2)cc1. The number of aryl methyl sites for hydroxylation is 1. The van der Waals surface area contributed by atoms with E-state index < -0.39 is 0 Å². The minimum atomic E-state index is -0.151. The minimum absolute atomic E-state index is 0.151. The molecule has 0 saturated carbocycles. The summed E-state index contributed by atoms with van der Waals surface area (Å²) in [5.74, 6) is 0.659. The summed E-state index contributed by atoms with van der Waals surface area (Å²) in [7, 11) is 0. The Morgan fingerprint density at radius 3 is 2.62 bits per heavy atom. The zero-order chi connectivity index (χ0) is 15.1. The van der Waals surface area contributed by atoms with Crippen molar-refractivity contribution in [3.8, 4) is 5.75 Å². The standard InChI is InChI=1S/C17H18ClNO2/c1-2-13-6-8-16(9-7-13)21-11-10-19-17(20)14-4-3-5-15(18)12-14/h3-9,12H,2,10-11H2,1H3,(H,19,20). The first-order valence-electron chi connectivity index (χ1n) is 6.94. The van der Waals surface area contributed by atoms with Crippen LogP contribution in [0.1, 0.15) is 22.8 Å². The molecule has 0 spiro atoms. The number of benzene rings is 2. The van der Waals surface area contributed by atoms with Gasteiger partial charge in [-0.05, 0) is 42.3 Å². The van der Waals surface area contributed by atoms with E-state index >= 15 is 0 Å². The summed E-state index contributed by atoms with van der Waals surface area (Å²) in [6.45, 7) is 2.99. The van der Waals surface area contributed by atoms with Gasteiger partial charge in [0, 0.05) is 10.6 Å². The molecular weight excluding hydrogens is 286 g/mol. The van der Waals surface area contributed by atoms with Gasteiger partial charge < -0.3 is 10.1 Å². The molecule has 0 fully saturated rings. The molecule has 0 aromatic heterocycles. The Hall–Kier alpha value is -2.00. The highest BCUT2D eigenvalue weighted by atomic mass is 35.5. The largest absolute Gasteiger partial charge is 0.492 e. The van der Waals surface area contributed by atoms with Crippen LogP contribution in [0.25, 0.3) is 0 Å².